The zero-order valence-corrected chi connectivity index (χ0v) is 16.1. The molecule has 7 atom stereocenters. The molecule has 0 N–H and O–H groups in total. The van der Waals surface area contributed by atoms with Crippen LogP contribution in [-0.2, 0) is 9.47 Å². The van der Waals surface area contributed by atoms with Gasteiger partial charge in [-0.2, -0.15) is 5.26 Å². The summed E-state index contributed by atoms with van der Waals surface area (Å²) in [5, 5.41) is 9.42. The van der Waals surface area contributed by atoms with Crippen LogP contribution in [0.3, 0.4) is 0 Å². The molecular formula is C22H33NO2. The highest BCUT2D eigenvalue weighted by Crippen LogP contribution is 2.65. The predicted octanol–water partition coefficient (Wildman–Crippen LogP) is 5.08. The van der Waals surface area contributed by atoms with Crippen LogP contribution in [0.25, 0.3) is 0 Å². The summed E-state index contributed by atoms with van der Waals surface area (Å²) in [4.78, 5) is 0. The van der Waals surface area contributed by atoms with Crippen LogP contribution in [0.4, 0.5) is 0 Å². The van der Waals surface area contributed by atoms with Crippen LogP contribution in [0.2, 0.25) is 0 Å². The molecule has 3 fully saturated rings. The Morgan fingerprint density at radius 2 is 2.00 bits per heavy atom. The third kappa shape index (κ3) is 2.77. The zero-order valence-electron chi connectivity index (χ0n) is 16.1. The first kappa shape index (κ1) is 17.6. The summed E-state index contributed by atoms with van der Waals surface area (Å²) in [5.74, 6) is 3.18. The molecule has 0 spiro atoms. The van der Waals surface area contributed by atoms with E-state index < -0.39 is 0 Å². The molecule has 0 unspecified atom stereocenters. The fourth-order valence-corrected chi connectivity index (χ4v) is 7.22. The molecule has 4 aliphatic rings. The quantitative estimate of drug-likeness (QED) is 0.671. The van der Waals surface area contributed by atoms with Crippen molar-refractivity contribution in [3.8, 4) is 6.07 Å². The van der Waals surface area contributed by atoms with Crippen molar-refractivity contribution < 1.29 is 9.47 Å². The van der Waals surface area contributed by atoms with Gasteiger partial charge in [0.15, 0.2) is 0 Å². The smallest absolute Gasteiger partial charge is 0.146 e. The highest BCUT2D eigenvalue weighted by atomic mass is 16.7. The van der Waals surface area contributed by atoms with E-state index in [0.29, 0.717) is 24.2 Å². The van der Waals surface area contributed by atoms with Gasteiger partial charge in [0.2, 0.25) is 0 Å². The SMILES string of the molecule is COCO[C@H]1CC[C@]2(C)[C@H](CC[C@H]3[C@H]2CC[C@@]2(C)C=C(C#N)C[C@H]32)C1. The Bertz CT molecular complexity index is 593. The lowest BCUT2D eigenvalue weighted by molar-refractivity contribution is -0.147. The van der Waals surface area contributed by atoms with Gasteiger partial charge in [-0.15, -0.1) is 0 Å². The van der Waals surface area contributed by atoms with E-state index in [1.165, 1.54) is 44.9 Å². The summed E-state index contributed by atoms with van der Waals surface area (Å²) < 4.78 is 11.0. The van der Waals surface area contributed by atoms with Gasteiger partial charge in [0.05, 0.1) is 12.2 Å². The predicted molar refractivity (Wildman–Crippen MR) is 97.6 cm³/mol. The van der Waals surface area contributed by atoms with Gasteiger partial charge in [0.1, 0.15) is 6.79 Å². The van der Waals surface area contributed by atoms with Gasteiger partial charge in [-0.25, -0.2) is 0 Å². The molecule has 3 heteroatoms. The second-order valence-corrected chi connectivity index (χ2v) is 9.66. The second-order valence-electron chi connectivity index (χ2n) is 9.66. The van der Waals surface area contributed by atoms with Crippen molar-refractivity contribution in [2.45, 2.75) is 71.3 Å². The normalized spacial score (nSPS) is 48.7. The lowest BCUT2D eigenvalue weighted by Gasteiger charge is -2.60. The van der Waals surface area contributed by atoms with Crippen LogP contribution in [-0.4, -0.2) is 20.0 Å². The summed E-state index contributed by atoms with van der Waals surface area (Å²) in [7, 11) is 1.71. The van der Waals surface area contributed by atoms with Gasteiger partial charge in [0.25, 0.3) is 0 Å². The van der Waals surface area contributed by atoms with Crippen LogP contribution < -0.4 is 0 Å². The number of ether oxygens (including phenoxy) is 2. The first-order chi connectivity index (χ1) is 12.0. The molecule has 0 aliphatic heterocycles. The molecular weight excluding hydrogens is 310 g/mol. The Kier molecular flexibility index (Phi) is 4.49. The molecule has 0 aromatic heterocycles. The molecule has 0 aromatic rings. The van der Waals surface area contributed by atoms with Crippen molar-refractivity contribution in [1.29, 1.82) is 5.26 Å². The molecule has 3 nitrogen and oxygen atoms in total. The molecule has 0 bridgehead atoms. The standard InChI is InChI=1S/C22H33NO2/c1-21-8-7-19-18(20(21)10-15(12-21)13-23)5-4-16-11-17(25-14-24-3)6-9-22(16,19)2/h12,16-20H,4-11,14H2,1-3H3/t16-,17+,18+,19-,20-,21+,22-/m1/s1. The van der Waals surface area contributed by atoms with Gasteiger partial charge in [-0.05, 0) is 85.9 Å². The van der Waals surface area contributed by atoms with E-state index >= 15 is 0 Å². The van der Waals surface area contributed by atoms with Crippen LogP contribution in [0, 0.1) is 45.8 Å². The topological polar surface area (TPSA) is 42.2 Å². The zero-order chi connectivity index (χ0) is 17.7. The minimum absolute atomic E-state index is 0.286. The largest absolute Gasteiger partial charge is 0.359 e. The number of hydrogen-bond acceptors (Lipinski definition) is 3. The Labute approximate surface area is 152 Å². The Balaban J connectivity index is 1.51. The average molecular weight is 344 g/mol. The summed E-state index contributed by atoms with van der Waals surface area (Å²) in [6.07, 6.45) is 12.8. The number of nitriles is 1. The number of hydrogen-bond donors (Lipinski definition) is 0. The van der Waals surface area contributed by atoms with Gasteiger partial charge in [-0.1, -0.05) is 19.9 Å². The van der Waals surface area contributed by atoms with Gasteiger partial charge >= 0.3 is 0 Å². The van der Waals surface area contributed by atoms with E-state index in [9.17, 15) is 5.26 Å². The van der Waals surface area contributed by atoms with E-state index in [4.69, 9.17) is 9.47 Å². The lowest BCUT2D eigenvalue weighted by Crippen LogP contribution is -2.53. The summed E-state index contributed by atoms with van der Waals surface area (Å²) in [6, 6.07) is 2.46. The maximum absolute atomic E-state index is 9.42. The fraction of sp³-hybridized carbons (Fsp3) is 0.864. The monoisotopic (exact) mass is 343 g/mol. The molecule has 4 rings (SSSR count). The minimum atomic E-state index is 0.286. The minimum Gasteiger partial charge on any atom is -0.359 e. The van der Waals surface area contributed by atoms with Gasteiger partial charge < -0.3 is 9.47 Å². The first-order valence-corrected chi connectivity index (χ1v) is 10.2. The molecule has 0 aromatic carbocycles. The Hall–Kier alpha value is -0.850. The molecule has 0 amide bonds. The summed E-state index contributed by atoms with van der Waals surface area (Å²) in [5.41, 5.74) is 1.82. The summed E-state index contributed by atoms with van der Waals surface area (Å²) >= 11 is 0. The van der Waals surface area contributed by atoms with E-state index in [1.54, 1.807) is 7.11 Å². The van der Waals surface area contributed by atoms with Crippen molar-refractivity contribution in [1.82, 2.24) is 0 Å². The van der Waals surface area contributed by atoms with Crippen molar-refractivity contribution in [3.05, 3.63) is 11.6 Å². The lowest BCUT2D eigenvalue weighted by atomic mass is 9.45. The Morgan fingerprint density at radius 3 is 2.76 bits per heavy atom. The molecule has 25 heavy (non-hydrogen) atoms. The number of fused-ring (bicyclic) bond motifs is 5. The molecule has 4 aliphatic carbocycles. The van der Waals surface area contributed by atoms with Crippen molar-refractivity contribution >= 4 is 0 Å². The van der Waals surface area contributed by atoms with Crippen LogP contribution >= 0.6 is 0 Å². The fourth-order valence-electron chi connectivity index (χ4n) is 7.22. The molecule has 0 saturated heterocycles. The van der Waals surface area contributed by atoms with Crippen molar-refractivity contribution in [3.63, 3.8) is 0 Å². The maximum atomic E-state index is 9.42. The second kappa shape index (κ2) is 6.39. The van der Waals surface area contributed by atoms with Crippen LogP contribution in [0.5, 0.6) is 0 Å². The van der Waals surface area contributed by atoms with Gasteiger partial charge in [0, 0.05) is 12.7 Å². The molecule has 0 radical (unpaired) electrons. The van der Waals surface area contributed by atoms with E-state index in [-0.39, 0.29) is 5.41 Å². The highest BCUT2D eigenvalue weighted by molar-refractivity contribution is 5.32. The maximum Gasteiger partial charge on any atom is 0.146 e. The van der Waals surface area contributed by atoms with E-state index in [2.05, 4.69) is 26.0 Å². The van der Waals surface area contributed by atoms with Gasteiger partial charge in [-0.3, -0.25) is 0 Å². The van der Waals surface area contributed by atoms with E-state index in [1.807, 2.05) is 0 Å². The first-order valence-electron chi connectivity index (χ1n) is 10.2. The Morgan fingerprint density at radius 1 is 1.16 bits per heavy atom. The van der Waals surface area contributed by atoms with Crippen molar-refractivity contribution in [2.75, 3.05) is 13.9 Å². The third-order valence-corrected chi connectivity index (χ3v) is 8.56. The van der Waals surface area contributed by atoms with Crippen molar-refractivity contribution in [2.24, 2.45) is 34.5 Å². The average Bonchev–Trinajstić information content (AvgIpc) is 2.96. The van der Waals surface area contributed by atoms with Crippen LogP contribution in [0.15, 0.2) is 11.6 Å². The number of allylic oxidation sites excluding steroid dienone is 2. The summed E-state index contributed by atoms with van der Waals surface area (Å²) in [6.45, 7) is 5.43. The number of rotatable bonds is 3. The molecule has 0 heterocycles. The van der Waals surface area contributed by atoms with E-state index in [0.717, 1.165) is 29.7 Å². The number of methoxy groups -OCH3 is 1. The van der Waals surface area contributed by atoms with Crippen LogP contribution in [0.1, 0.15) is 65.2 Å². The third-order valence-electron chi connectivity index (χ3n) is 8.56. The molecule has 138 valence electrons. The number of nitrogens with zero attached hydrogens (tertiary/aromatic N) is 1. The highest BCUT2D eigenvalue weighted by Gasteiger charge is 2.57. The molecule has 3 saturated carbocycles.